The van der Waals surface area contributed by atoms with Gasteiger partial charge in [0.25, 0.3) is 23.1 Å². The average Bonchev–Trinajstić information content (AvgIpc) is 3.87. The Morgan fingerprint density at radius 1 is 0.762 bits per heavy atom. The van der Waals surface area contributed by atoms with E-state index in [1.165, 1.54) is 44.2 Å². The van der Waals surface area contributed by atoms with Crippen molar-refractivity contribution in [2.75, 3.05) is 11.3 Å². The highest BCUT2D eigenvalue weighted by atomic mass is 32.2. The summed E-state index contributed by atoms with van der Waals surface area (Å²) in [5.74, 6) is 0.512. The number of unbranched alkanes of at least 4 members (excludes halogenated alkanes) is 7. The molecular formula is C46H68N8O7S2. The standard InChI is InChI=1S/C46H68N8O7S2/c1-6-7-8-9-10-11-12-19-26-59-39-25-24-37(30-40(39)61-62(57)52-32(2)43-50-49-42-31-41(46(3,4)5)51-54(42)43)53-63(58)60-38-28-33(44(55)47-35-20-15-13-16-21-35)27-34(29-38)45(56)48-36-22-17-14-18-23-36/h24-25,27-32,35-36,51-53H,6-23,26H2,1-5H3,(H,47,55)(H,48,56). The lowest BCUT2D eigenvalue weighted by Gasteiger charge is -2.24. The van der Waals surface area contributed by atoms with E-state index in [0.29, 0.717) is 29.5 Å². The summed E-state index contributed by atoms with van der Waals surface area (Å²) in [5, 5.41) is 18.2. The maximum atomic E-state index is 13.6. The minimum absolute atomic E-state index is 0.0573. The number of hydrogen-bond acceptors (Lipinski definition) is 9. The van der Waals surface area contributed by atoms with Crippen molar-refractivity contribution in [1.82, 2.24) is 35.2 Å². The second-order valence-electron chi connectivity index (χ2n) is 18.1. The van der Waals surface area contributed by atoms with Crippen LogP contribution in [0.25, 0.3) is 5.65 Å². The Labute approximate surface area is 377 Å². The van der Waals surface area contributed by atoms with Crippen LogP contribution in [0.5, 0.6) is 17.2 Å². The number of carbonyl (C=O) groups is 2. The maximum Gasteiger partial charge on any atom is 0.316 e. The highest BCUT2D eigenvalue weighted by Crippen LogP contribution is 2.33. The number of aromatic nitrogens is 4. The molecule has 2 fully saturated rings. The van der Waals surface area contributed by atoms with Crippen molar-refractivity contribution >= 4 is 45.7 Å². The summed E-state index contributed by atoms with van der Waals surface area (Å²) in [5.41, 5.74) is 2.32. The van der Waals surface area contributed by atoms with Crippen molar-refractivity contribution in [3.05, 3.63) is 65.1 Å². The summed E-state index contributed by atoms with van der Waals surface area (Å²) in [6.07, 6.45) is 19.3. The molecular weight excluding hydrogens is 841 g/mol. The lowest BCUT2D eigenvalue weighted by atomic mass is 9.93. The Bertz CT molecular complexity index is 2110. The van der Waals surface area contributed by atoms with Gasteiger partial charge in [-0.2, -0.15) is 13.1 Å². The van der Waals surface area contributed by atoms with Crippen molar-refractivity contribution in [3.8, 4) is 17.2 Å². The highest BCUT2D eigenvalue weighted by Gasteiger charge is 2.25. The molecule has 15 nitrogen and oxygen atoms in total. The first-order chi connectivity index (χ1) is 30.4. The largest absolute Gasteiger partial charge is 0.490 e. The molecule has 6 rings (SSSR count). The smallest absolute Gasteiger partial charge is 0.316 e. The van der Waals surface area contributed by atoms with Gasteiger partial charge in [-0.1, -0.05) is 111 Å². The van der Waals surface area contributed by atoms with Crippen LogP contribution < -0.4 is 33.2 Å². The van der Waals surface area contributed by atoms with E-state index >= 15 is 0 Å². The minimum atomic E-state index is -2.19. The Hall–Kier alpha value is -4.48. The Balaban J connectivity index is 1.15. The summed E-state index contributed by atoms with van der Waals surface area (Å²) >= 11 is -4.26. The van der Waals surface area contributed by atoms with Crippen LogP contribution in [0.15, 0.2) is 42.5 Å². The molecule has 346 valence electrons. The number of nitrogens with one attached hydrogen (secondary N) is 5. The van der Waals surface area contributed by atoms with E-state index in [9.17, 15) is 18.0 Å². The molecule has 2 aliphatic carbocycles. The minimum Gasteiger partial charge on any atom is -0.490 e. The number of hydrogen-bond donors (Lipinski definition) is 5. The van der Waals surface area contributed by atoms with Gasteiger partial charge in [0.05, 0.1) is 18.3 Å². The van der Waals surface area contributed by atoms with Gasteiger partial charge >= 0.3 is 11.3 Å². The third-order valence-corrected chi connectivity index (χ3v) is 13.4. The molecule has 0 saturated heterocycles. The Kier molecular flexibility index (Phi) is 17.9. The van der Waals surface area contributed by atoms with Crippen LogP contribution >= 0.6 is 0 Å². The van der Waals surface area contributed by atoms with E-state index in [-0.39, 0.29) is 51.9 Å². The van der Waals surface area contributed by atoms with Crippen LogP contribution in [0, 0.1) is 0 Å². The third kappa shape index (κ3) is 14.5. The number of benzene rings is 2. The molecule has 0 aliphatic heterocycles. The number of fused-ring (bicyclic) bond motifs is 1. The number of nitrogens with zero attached hydrogens (tertiary/aromatic N) is 3. The van der Waals surface area contributed by atoms with E-state index < -0.39 is 28.6 Å². The molecule has 0 spiro atoms. The maximum absolute atomic E-state index is 13.6. The van der Waals surface area contributed by atoms with E-state index in [1.54, 1.807) is 28.8 Å². The van der Waals surface area contributed by atoms with E-state index in [1.807, 2.05) is 13.0 Å². The lowest BCUT2D eigenvalue weighted by Crippen LogP contribution is -2.37. The van der Waals surface area contributed by atoms with Gasteiger partial charge in [0.15, 0.2) is 23.0 Å². The quantitative estimate of drug-likeness (QED) is 0.0452. The van der Waals surface area contributed by atoms with Gasteiger partial charge in [-0.15, -0.1) is 10.2 Å². The Morgan fingerprint density at radius 2 is 1.37 bits per heavy atom. The molecule has 2 heterocycles. The molecule has 2 saturated carbocycles. The normalized spacial score (nSPS) is 16.6. The second kappa shape index (κ2) is 23.4. The third-order valence-electron chi connectivity index (χ3n) is 11.7. The first-order valence-corrected chi connectivity index (χ1v) is 25.2. The number of amides is 2. The van der Waals surface area contributed by atoms with Crippen LogP contribution in [0.1, 0.15) is 188 Å². The van der Waals surface area contributed by atoms with Crippen LogP contribution in [-0.2, 0) is 27.9 Å². The average molecular weight is 909 g/mol. The molecule has 0 radical (unpaired) electrons. The first kappa shape index (κ1) is 48.0. The first-order valence-electron chi connectivity index (χ1n) is 23.1. The fourth-order valence-electron chi connectivity index (χ4n) is 8.09. The lowest BCUT2D eigenvalue weighted by molar-refractivity contribution is 0.0927. The number of rotatable bonds is 23. The summed E-state index contributed by atoms with van der Waals surface area (Å²) < 4.78 is 52.7. The summed E-state index contributed by atoms with van der Waals surface area (Å²) in [6, 6.07) is 11.0. The topological polar surface area (TPSA) is 190 Å². The van der Waals surface area contributed by atoms with Gasteiger partial charge in [0, 0.05) is 46.5 Å². The summed E-state index contributed by atoms with van der Waals surface area (Å²) in [7, 11) is 0. The van der Waals surface area contributed by atoms with E-state index in [0.717, 1.165) is 89.2 Å². The van der Waals surface area contributed by atoms with Crippen molar-refractivity contribution in [3.63, 3.8) is 0 Å². The predicted octanol–water partition coefficient (Wildman–Crippen LogP) is 9.38. The monoisotopic (exact) mass is 908 g/mol. The van der Waals surface area contributed by atoms with Crippen molar-refractivity contribution in [1.29, 1.82) is 0 Å². The number of carbonyl (C=O) groups excluding carboxylic acids is 2. The van der Waals surface area contributed by atoms with Gasteiger partial charge in [-0.3, -0.25) is 19.4 Å². The molecule has 2 amide bonds. The zero-order chi connectivity index (χ0) is 44.8. The van der Waals surface area contributed by atoms with Crippen LogP contribution in [0.3, 0.4) is 0 Å². The molecule has 3 atom stereocenters. The number of ether oxygens (including phenoxy) is 1. The van der Waals surface area contributed by atoms with Crippen molar-refractivity contribution in [2.24, 2.45) is 0 Å². The van der Waals surface area contributed by atoms with Gasteiger partial charge in [-0.05, 0) is 69.4 Å². The zero-order valence-electron chi connectivity index (χ0n) is 37.7. The SMILES string of the molecule is CCCCCCCCCCOc1ccc(NS(=O)Oc2cc(C(=O)NC3CCCCC3)cc(C(=O)NC3CCCCC3)c2)cc1OS(=O)NC(C)c1nnc2cc(C(C)(C)C)[nH]n12. The summed E-state index contributed by atoms with van der Waals surface area (Å²) in [4.78, 5) is 27.0. The highest BCUT2D eigenvalue weighted by molar-refractivity contribution is 7.82. The fraction of sp³-hybridized carbons (Fsp3) is 0.609. The van der Waals surface area contributed by atoms with Crippen molar-refractivity contribution < 1.29 is 31.1 Å². The number of anilines is 1. The van der Waals surface area contributed by atoms with Crippen LogP contribution in [-0.4, -0.2) is 58.7 Å². The molecule has 17 heteroatoms. The molecule has 4 aromatic rings. The predicted molar refractivity (Wildman–Crippen MR) is 248 cm³/mol. The van der Waals surface area contributed by atoms with Crippen molar-refractivity contribution in [2.45, 2.75) is 174 Å². The van der Waals surface area contributed by atoms with Gasteiger partial charge in [0.2, 0.25) is 0 Å². The van der Waals surface area contributed by atoms with Gasteiger partial charge < -0.3 is 23.7 Å². The number of aromatic amines is 1. The molecule has 0 bridgehead atoms. The Morgan fingerprint density at radius 3 is 1.97 bits per heavy atom. The van der Waals surface area contributed by atoms with Gasteiger partial charge in [-0.25, -0.2) is 4.52 Å². The molecule has 5 N–H and O–H groups in total. The second-order valence-corrected chi connectivity index (χ2v) is 19.8. The fourth-order valence-corrected chi connectivity index (χ4v) is 9.45. The van der Waals surface area contributed by atoms with Crippen LogP contribution in [0.2, 0.25) is 0 Å². The molecule has 2 aromatic heterocycles. The molecule has 63 heavy (non-hydrogen) atoms. The summed E-state index contributed by atoms with van der Waals surface area (Å²) in [6.45, 7) is 10.8. The molecule has 3 unspecified atom stereocenters. The molecule has 2 aromatic carbocycles. The number of H-pyrrole nitrogens is 1. The zero-order valence-corrected chi connectivity index (χ0v) is 39.4. The van der Waals surface area contributed by atoms with E-state index in [2.05, 4.69) is 63.1 Å². The van der Waals surface area contributed by atoms with Gasteiger partial charge in [0.1, 0.15) is 5.75 Å². The van der Waals surface area contributed by atoms with E-state index in [4.69, 9.17) is 13.1 Å². The van der Waals surface area contributed by atoms with Crippen LogP contribution in [0.4, 0.5) is 5.69 Å². The molecule has 2 aliphatic rings.